The summed E-state index contributed by atoms with van der Waals surface area (Å²) in [4.78, 5) is 10.9. The average molecular weight is 586 g/mol. The van der Waals surface area contributed by atoms with Crippen molar-refractivity contribution in [3.05, 3.63) is 72.3 Å². The summed E-state index contributed by atoms with van der Waals surface area (Å²) in [7, 11) is -2.57. The van der Waals surface area contributed by atoms with Crippen molar-refractivity contribution in [3.8, 4) is 28.7 Å². The molecule has 4 rings (SSSR count). The third-order valence-electron chi connectivity index (χ3n) is 6.46. The van der Waals surface area contributed by atoms with Crippen LogP contribution in [0.5, 0.6) is 28.7 Å². The number of aryl methyl sites for hydroxylation is 1. The molecule has 1 saturated heterocycles. The van der Waals surface area contributed by atoms with E-state index in [0.29, 0.717) is 38.2 Å². The molecule has 0 aromatic heterocycles. The van der Waals surface area contributed by atoms with Gasteiger partial charge in [0.15, 0.2) is 17.7 Å². The Morgan fingerprint density at radius 1 is 0.951 bits per heavy atom. The monoisotopic (exact) mass is 585 g/mol. The summed E-state index contributed by atoms with van der Waals surface area (Å²) in [5.41, 5.74) is 1.06. The van der Waals surface area contributed by atoms with Crippen LogP contribution in [0.25, 0.3) is 0 Å². The molecule has 0 spiro atoms. The summed E-state index contributed by atoms with van der Waals surface area (Å²) in [6, 6.07) is 19.7. The predicted molar refractivity (Wildman–Crippen MR) is 152 cm³/mol. The fourth-order valence-corrected chi connectivity index (χ4v) is 6.15. The van der Waals surface area contributed by atoms with Crippen molar-refractivity contribution in [1.82, 2.24) is 4.31 Å². The first kappa shape index (κ1) is 30.0. The van der Waals surface area contributed by atoms with Gasteiger partial charge >= 0.3 is 6.16 Å². The summed E-state index contributed by atoms with van der Waals surface area (Å²) in [6.45, 7) is 3.02. The number of carboxylic acid groups (broad SMARTS) is 1. The number of sulfonamides is 1. The van der Waals surface area contributed by atoms with Crippen LogP contribution in [-0.4, -0.2) is 57.1 Å². The fraction of sp³-hybridized carbons (Fsp3) is 0.367. The van der Waals surface area contributed by atoms with Gasteiger partial charge in [-0.2, -0.15) is 4.31 Å². The maximum absolute atomic E-state index is 13.2. The molecule has 1 N–H and O–H groups in total. The summed E-state index contributed by atoms with van der Waals surface area (Å²) >= 11 is 0. The molecule has 220 valence electrons. The molecule has 0 amide bonds. The minimum absolute atomic E-state index is 0.0333. The van der Waals surface area contributed by atoms with Gasteiger partial charge in [-0.15, -0.1) is 0 Å². The zero-order valence-electron chi connectivity index (χ0n) is 23.2. The second-order valence-corrected chi connectivity index (χ2v) is 11.3. The van der Waals surface area contributed by atoms with Crippen LogP contribution in [0.2, 0.25) is 0 Å². The zero-order chi connectivity index (χ0) is 29.2. The Morgan fingerprint density at radius 3 is 2.39 bits per heavy atom. The van der Waals surface area contributed by atoms with E-state index in [1.807, 2.05) is 48.5 Å². The first-order chi connectivity index (χ1) is 19.8. The van der Waals surface area contributed by atoms with E-state index in [-0.39, 0.29) is 17.2 Å². The van der Waals surface area contributed by atoms with E-state index >= 15 is 0 Å². The molecule has 1 fully saturated rings. The lowest BCUT2D eigenvalue weighted by atomic mass is 10.1. The number of carbonyl (C=O) groups is 1. The number of benzene rings is 3. The second-order valence-electron chi connectivity index (χ2n) is 9.39. The maximum Gasteiger partial charge on any atom is 0.507 e. The van der Waals surface area contributed by atoms with E-state index in [1.54, 1.807) is 0 Å². The highest BCUT2D eigenvalue weighted by atomic mass is 32.2. The zero-order valence-corrected chi connectivity index (χ0v) is 24.0. The van der Waals surface area contributed by atoms with E-state index in [2.05, 4.69) is 6.92 Å². The maximum atomic E-state index is 13.2. The van der Waals surface area contributed by atoms with Gasteiger partial charge < -0.3 is 28.8 Å². The smallest absolute Gasteiger partial charge is 0.493 e. The topological polar surface area (TPSA) is 121 Å². The third kappa shape index (κ3) is 7.83. The van der Waals surface area contributed by atoms with Gasteiger partial charge in [0, 0.05) is 25.5 Å². The van der Waals surface area contributed by atoms with Gasteiger partial charge in [0.25, 0.3) is 0 Å². The first-order valence-electron chi connectivity index (χ1n) is 13.5. The number of rotatable bonds is 14. The quantitative estimate of drug-likeness (QED) is 0.177. The number of hydrogen-bond acceptors (Lipinski definition) is 8. The average Bonchev–Trinajstić information content (AvgIpc) is 3.43. The van der Waals surface area contributed by atoms with Gasteiger partial charge in [0.2, 0.25) is 10.0 Å². The summed E-state index contributed by atoms with van der Waals surface area (Å²) < 4.78 is 55.4. The first-order valence-corrected chi connectivity index (χ1v) is 15.0. The number of methoxy groups -OCH3 is 1. The van der Waals surface area contributed by atoms with E-state index in [0.717, 1.165) is 40.0 Å². The fourth-order valence-electron chi connectivity index (χ4n) is 4.55. The largest absolute Gasteiger partial charge is 0.507 e. The molecule has 0 radical (unpaired) electrons. The lowest BCUT2D eigenvalue weighted by Gasteiger charge is -2.23. The van der Waals surface area contributed by atoms with Gasteiger partial charge in [0.1, 0.15) is 17.2 Å². The van der Waals surface area contributed by atoms with E-state index in [4.69, 9.17) is 28.8 Å². The SMILES string of the molecule is CCCc1cc(Oc2ccccc2)ccc1OCCCOc1ccc(S(=O)(=O)N2CCC[C@H]2OC(=O)O)cc1OC. The molecular formula is C30H35NO9S. The highest BCUT2D eigenvalue weighted by Gasteiger charge is 2.38. The van der Waals surface area contributed by atoms with Gasteiger partial charge in [0.05, 0.1) is 25.2 Å². The third-order valence-corrected chi connectivity index (χ3v) is 8.35. The number of nitrogens with zero attached hydrogens (tertiary/aromatic N) is 1. The number of hydrogen-bond donors (Lipinski definition) is 1. The summed E-state index contributed by atoms with van der Waals surface area (Å²) in [5.74, 6) is 2.96. The van der Waals surface area contributed by atoms with Crippen LogP contribution in [0.1, 0.15) is 38.2 Å². The van der Waals surface area contributed by atoms with Gasteiger partial charge in [-0.05, 0) is 60.9 Å². The van der Waals surface area contributed by atoms with E-state index < -0.39 is 22.4 Å². The second kappa shape index (κ2) is 14.1. The number of ether oxygens (including phenoxy) is 5. The standard InChI is InChI=1S/C30H35NO9S/c1-3-9-22-20-24(39-23-10-5-4-6-11-23)13-15-26(22)37-18-8-19-38-27-16-14-25(21-28(27)36-2)41(34,35)31-17-7-12-29(31)40-30(32)33/h4-6,10-11,13-16,20-21,29H,3,7-9,12,17-19H2,1-2H3,(H,32,33)/t29-/m1/s1. The molecule has 10 nitrogen and oxygen atoms in total. The van der Waals surface area contributed by atoms with Crippen molar-refractivity contribution in [3.63, 3.8) is 0 Å². The van der Waals surface area contributed by atoms with Crippen molar-refractivity contribution in [2.45, 2.75) is 50.2 Å². The molecule has 1 aliphatic rings. The van der Waals surface area contributed by atoms with E-state index in [9.17, 15) is 13.2 Å². The van der Waals surface area contributed by atoms with Crippen molar-refractivity contribution in [2.24, 2.45) is 0 Å². The van der Waals surface area contributed by atoms with Crippen LogP contribution in [-0.2, 0) is 21.2 Å². The molecule has 0 saturated carbocycles. The molecule has 3 aromatic rings. The molecule has 1 aliphatic heterocycles. The Kier molecular flexibility index (Phi) is 10.3. The molecule has 1 heterocycles. The van der Waals surface area contributed by atoms with Crippen molar-refractivity contribution < 1.29 is 42.0 Å². The highest BCUT2D eigenvalue weighted by Crippen LogP contribution is 2.34. The van der Waals surface area contributed by atoms with Crippen molar-refractivity contribution in [1.29, 1.82) is 0 Å². The molecule has 11 heteroatoms. The predicted octanol–water partition coefficient (Wildman–Crippen LogP) is 6.09. The Bertz CT molecular complexity index is 1410. The number of para-hydroxylation sites is 1. The normalized spacial score (nSPS) is 15.3. The van der Waals surface area contributed by atoms with E-state index in [1.165, 1.54) is 25.3 Å². The molecule has 41 heavy (non-hydrogen) atoms. The van der Waals surface area contributed by atoms with Crippen LogP contribution in [0.15, 0.2) is 71.6 Å². The van der Waals surface area contributed by atoms with Gasteiger partial charge in [-0.25, -0.2) is 13.2 Å². The minimum atomic E-state index is -3.99. The Balaban J connectivity index is 1.33. The lowest BCUT2D eigenvalue weighted by molar-refractivity contribution is 0.0170. The molecule has 1 atom stereocenters. The minimum Gasteiger partial charge on any atom is -0.493 e. The molecule has 0 aliphatic carbocycles. The van der Waals surface area contributed by atoms with Gasteiger partial charge in [-0.1, -0.05) is 31.5 Å². The Labute approximate surface area is 240 Å². The molecule has 0 bridgehead atoms. The van der Waals surface area contributed by atoms with Crippen molar-refractivity contribution >= 4 is 16.2 Å². The molecule has 0 unspecified atom stereocenters. The van der Waals surface area contributed by atoms with Crippen LogP contribution in [0, 0.1) is 0 Å². The van der Waals surface area contributed by atoms with Gasteiger partial charge in [-0.3, -0.25) is 0 Å². The highest BCUT2D eigenvalue weighted by molar-refractivity contribution is 7.89. The molecular weight excluding hydrogens is 550 g/mol. The Hall–Kier alpha value is -3.96. The van der Waals surface area contributed by atoms with Crippen LogP contribution in [0.3, 0.4) is 0 Å². The van der Waals surface area contributed by atoms with Crippen molar-refractivity contribution in [2.75, 3.05) is 26.9 Å². The molecule has 3 aromatic carbocycles. The van der Waals surface area contributed by atoms with Crippen LogP contribution < -0.4 is 18.9 Å². The summed E-state index contributed by atoms with van der Waals surface area (Å²) in [5, 5.41) is 8.94. The lowest BCUT2D eigenvalue weighted by Crippen LogP contribution is -2.38. The van der Waals surface area contributed by atoms with Crippen LogP contribution in [0.4, 0.5) is 4.79 Å². The summed E-state index contributed by atoms with van der Waals surface area (Å²) in [6.07, 6.45) is 0.637. The van der Waals surface area contributed by atoms with Crippen LogP contribution >= 0.6 is 0 Å². The Morgan fingerprint density at radius 2 is 1.68 bits per heavy atom.